The van der Waals surface area contributed by atoms with Crippen molar-refractivity contribution in [2.75, 3.05) is 32.7 Å². The van der Waals surface area contributed by atoms with Crippen LogP contribution >= 0.6 is 0 Å². The number of aromatic nitrogens is 2. The third-order valence-electron chi connectivity index (χ3n) is 5.73. The molecule has 1 aromatic carbocycles. The Balaban J connectivity index is 1.92. The molecule has 3 rings (SSSR count). The van der Waals surface area contributed by atoms with Gasteiger partial charge in [0, 0.05) is 37.0 Å². The first-order valence-corrected chi connectivity index (χ1v) is 10.9. The maximum absolute atomic E-state index is 13.8. The molecule has 0 N–H and O–H groups in total. The standard InChI is InChI=1S/C23H32F2N4O/c1-5-27(6-2)12-13-28(15-16(3)4)23(30)22-18-8-7-9-21(18)29(26-22)17-10-11-19(24)20(25)14-17/h10-11,14,16H,5-9,12-13,15H2,1-4H3. The molecule has 0 saturated heterocycles. The lowest BCUT2D eigenvalue weighted by Gasteiger charge is -2.27. The molecule has 1 amide bonds. The fourth-order valence-electron chi connectivity index (χ4n) is 4.11. The van der Waals surface area contributed by atoms with Gasteiger partial charge in [-0.3, -0.25) is 4.79 Å². The van der Waals surface area contributed by atoms with E-state index in [2.05, 4.69) is 37.7 Å². The second kappa shape index (κ2) is 9.69. The molecule has 0 fully saturated rings. The number of carbonyl (C=O) groups is 1. The van der Waals surface area contributed by atoms with Crippen LogP contribution in [0.15, 0.2) is 18.2 Å². The first-order valence-electron chi connectivity index (χ1n) is 10.9. The second-order valence-corrected chi connectivity index (χ2v) is 8.31. The largest absolute Gasteiger partial charge is 0.336 e. The number of amides is 1. The summed E-state index contributed by atoms with van der Waals surface area (Å²) < 4.78 is 28.8. The van der Waals surface area contributed by atoms with E-state index >= 15 is 0 Å². The van der Waals surface area contributed by atoms with Crippen molar-refractivity contribution in [3.05, 3.63) is 46.8 Å². The highest BCUT2D eigenvalue weighted by Crippen LogP contribution is 2.29. The number of carbonyl (C=O) groups excluding carboxylic acids is 1. The van der Waals surface area contributed by atoms with Gasteiger partial charge in [-0.25, -0.2) is 13.5 Å². The molecule has 0 aliphatic heterocycles. The Kier molecular flexibility index (Phi) is 7.23. The number of benzene rings is 1. The van der Waals surface area contributed by atoms with Crippen LogP contribution in [0.4, 0.5) is 8.78 Å². The molecule has 164 valence electrons. The Bertz CT molecular complexity index is 890. The Morgan fingerprint density at radius 2 is 1.87 bits per heavy atom. The number of fused-ring (bicyclic) bond motifs is 1. The van der Waals surface area contributed by atoms with Crippen molar-refractivity contribution in [3.8, 4) is 5.69 Å². The number of hydrogen-bond acceptors (Lipinski definition) is 3. The number of nitrogens with zero attached hydrogens (tertiary/aromatic N) is 4. The minimum absolute atomic E-state index is 0.0738. The lowest BCUT2D eigenvalue weighted by molar-refractivity contribution is 0.0709. The summed E-state index contributed by atoms with van der Waals surface area (Å²) in [6, 6.07) is 3.75. The maximum atomic E-state index is 13.8. The van der Waals surface area contributed by atoms with Crippen LogP contribution in [-0.2, 0) is 12.8 Å². The summed E-state index contributed by atoms with van der Waals surface area (Å²) in [5.41, 5.74) is 2.77. The minimum atomic E-state index is -0.914. The summed E-state index contributed by atoms with van der Waals surface area (Å²) in [6.45, 7) is 12.4. The van der Waals surface area contributed by atoms with Gasteiger partial charge in [0.15, 0.2) is 17.3 Å². The van der Waals surface area contributed by atoms with Gasteiger partial charge >= 0.3 is 0 Å². The van der Waals surface area contributed by atoms with E-state index in [9.17, 15) is 13.6 Å². The van der Waals surface area contributed by atoms with Crippen LogP contribution in [0, 0.1) is 17.6 Å². The molecular weight excluding hydrogens is 386 g/mol. The first kappa shape index (κ1) is 22.4. The van der Waals surface area contributed by atoms with E-state index in [1.54, 1.807) is 4.68 Å². The van der Waals surface area contributed by atoms with Crippen molar-refractivity contribution in [2.45, 2.75) is 47.0 Å². The molecule has 5 nitrogen and oxygen atoms in total. The smallest absolute Gasteiger partial charge is 0.274 e. The van der Waals surface area contributed by atoms with Crippen molar-refractivity contribution in [3.63, 3.8) is 0 Å². The van der Waals surface area contributed by atoms with Crippen LogP contribution in [0.2, 0.25) is 0 Å². The van der Waals surface area contributed by atoms with Gasteiger partial charge < -0.3 is 9.80 Å². The molecule has 7 heteroatoms. The predicted octanol–water partition coefficient (Wildman–Crippen LogP) is 4.08. The molecule has 1 heterocycles. The van der Waals surface area contributed by atoms with Crippen molar-refractivity contribution in [1.29, 1.82) is 0 Å². The Morgan fingerprint density at radius 3 is 2.50 bits per heavy atom. The number of rotatable bonds is 9. The number of likely N-dealkylation sites (N-methyl/N-ethyl adjacent to an activating group) is 1. The van der Waals surface area contributed by atoms with Gasteiger partial charge in [0.05, 0.1) is 5.69 Å². The highest BCUT2D eigenvalue weighted by atomic mass is 19.2. The molecule has 30 heavy (non-hydrogen) atoms. The number of halogens is 2. The van der Waals surface area contributed by atoms with Gasteiger partial charge in [-0.2, -0.15) is 5.10 Å². The van der Waals surface area contributed by atoms with E-state index < -0.39 is 11.6 Å². The molecule has 1 aliphatic rings. The molecule has 1 aromatic heterocycles. The third-order valence-corrected chi connectivity index (χ3v) is 5.73. The van der Waals surface area contributed by atoms with E-state index in [1.807, 2.05) is 4.90 Å². The quantitative estimate of drug-likeness (QED) is 0.616. The zero-order valence-corrected chi connectivity index (χ0v) is 18.4. The van der Waals surface area contributed by atoms with Gasteiger partial charge in [-0.15, -0.1) is 0 Å². The second-order valence-electron chi connectivity index (χ2n) is 8.31. The minimum Gasteiger partial charge on any atom is -0.336 e. The lowest BCUT2D eigenvalue weighted by Crippen LogP contribution is -2.41. The fourth-order valence-corrected chi connectivity index (χ4v) is 4.11. The molecule has 0 atom stereocenters. The summed E-state index contributed by atoms with van der Waals surface area (Å²) in [5.74, 6) is -1.54. The fraction of sp³-hybridized carbons (Fsp3) is 0.565. The van der Waals surface area contributed by atoms with Gasteiger partial charge in [0.25, 0.3) is 5.91 Å². The van der Waals surface area contributed by atoms with Gasteiger partial charge in [-0.1, -0.05) is 27.7 Å². The zero-order valence-electron chi connectivity index (χ0n) is 18.4. The van der Waals surface area contributed by atoms with Crippen LogP contribution in [0.1, 0.15) is 55.9 Å². The summed E-state index contributed by atoms with van der Waals surface area (Å²) in [5, 5.41) is 4.59. The molecule has 0 bridgehead atoms. The molecule has 0 radical (unpaired) electrons. The van der Waals surface area contributed by atoms with E-state index in [0.717, 1.165) is 62.3 Å². The Hall–Kier alpha value is -2.28. The van der Waals surface area contributed by atoms with E-state index in [-0.39, 0.29) is 5.91 Å². The first-order chi connectivity index (χ1) is 14.3. The van der Waals surface area contributed by atoms with Crippen molar-refractivity contribution < 1.29 is 13.6 Å². The molecule has 0 saturated carbocycles. The van der Waals surface area contributed by atoms with Crippen LogP contribution in [0.25, 0.3) is 5.69 Å². The van der Waals surface area contributed by atoms with Gasteiger partial charge in [0.2, 0.25) is 0 Å². The maximum Gasteiger partial charge on any atom is 0.274 e. The van der Waals surface area contributed by atoms with Gasteiger partial charge in [0.1, 0.15) is 0 Å². The van der Waals surface area contributed by atoms with E-state index in [0.29, 0.717) is 30.4 Å². The highest BCUT2D eigenvalue weighted by Gasteiger charge is 2.30. The normalized spacial score (nSPS) is 13.3. The lowest BCUT2D eigenvalue weighted by atomic mass is 10.1. The third kappa shape index (κ3) is 4.72. The summed E-state index contributed by atoms with van der Waals surface area (Å²) >= 11 is 0. The zero-order chi connectivity index (χ0) is 21.8. The van der Waals surface area contributed by atoms with Gasteiger partial charge in [-0.05, 0) is 50.4 Å². The summed E-state index contributed by atoms with van der Waals surface area (Å²) in [7, 11) is 0. The van der Waals surface area contributed by atoms with Crippen LogP contribution < -0.4 is 0 Å². The van der Waals surface area contributed by atoms with Crippen LogP contribution in [0.3, 0.4) is 0 Å². The molecule has 1 aliphatic carbocycles. The Morgan fingerprint density at radius 1 is 1.13 bits per heavy atom. The van der Waals surface area contributed by atoms with E-state index in [4.69, 9.17) is 0 Å². The average molecular weight is 419 g/mol. The summed E-state index contributed by atoms with van der Waals surface area (Å²) in [6.07, 6.45) is 2.49. The summed E-state index contributed by atoms with van der Waals surface area (Å²) in [4.78, 5) is 17.7. The molecule has 0 unspecified atom stereocenters. The predicted molar refractivity (Wildman–Crippen MR) is 114 cm³/mol. The van der Waals surface area contributed by atoms with E-state index in [1.165, 1.54) is 6.07 Å². The Labute approximate surface area is 177 Å². The van der Waals surface area contributed by atoms with Crippen LogP contribution in [0.5, 0.6) is 0 Å². The molecule has 0 spiro atoms. The molecule has 2 aromatic rings. The highest BCUT2D eigenvalue weighted by molar-refractivity contribution is 5.94. The average Bonchev–Trinajstić information content (AvgIpc) is 3.32. The SMILES string of the molecule is CCN(CC)CCN(CC(C)C)C(=O)c1nn(-c2ccc(F)c(F)c2)c2c1CCC2. The topological polar surface area (TPSA) is 41.4 Å². The monoisotopic (exact) mass is 418 g/mol. The van der Waals surface area contributed by atoms with Crippen LogP contribution in [-0.4, -0.2) is 58.2 Å². The van der Waals surface area contributed by atoms with Crippen molar-refractivity contribution in [2.24, 2.45) is 5.92 Å². The molecular formula is C23H32F2N4O. The van der Waals surface area contributed by atoms with Crippen molar-refractivity contribution in [1.82, 2.24) is 19.6 Å². The number of hydrogen-bond donors (Lipinski definition) is 0. The van der Waals surface area contributed by atoms with Crippen molar-refractivity contribution >= 4 is 5.91 Å².